The number of hydrogen-bond donors (Lipinski definition) is 0. The number of fused-ring (bicyclic) bond motifs is 8. The molecule has 0 unspecified atom stereocenters. The average molecular weight is 310 g/mol. The van der Waals surface area contributed by atoms with Gasteiger partial charge in [-0.25, -0.2) is 0 Å². The van der Waals surface area contributed by atoms with E-state index in [4.69, 9.17) is 4.74 Å². The SMILES string of the molecule is B[C@]1(C)C=Cc2c(c3c(c4ccccc24)-c2ccccc2CC3)O1. The fourth-order valence-corrected chi connectivity index (χ4v) is 4.15. The highest BCUT2D eigenvalue weighted by molar-refractivity contribution is 6.17. The van der Waals surface area contributed by atoms with Crippen LogP contribution in [0, 0.1) is 0 Å². The van der Waals surface area contributed by atoms with Gasteiger partial charge in [0.1, 0.15) is 5.75 Å². The quantitative estimate of drug-likeness (QED) is 0.561. The van der Waals surface area contributed by atoms with E-state index in [1.54, 1.807) is 0 Å². The second-order valence-electron chi connectivity index (χ2n) is 7.34. The molecule has 0 aromatic heterocycles. The average Bonchev–Trinajstić information content (AvgIpc) is 2.60. The Hall–Kier alpha value is -2.48. The van der Waals surface area contributed by atoms with Crippen molar-refractivity contribution in [3.63, 3.8) is 0 Å². The van der Waals surface area contributed by atoms with Gasteiger partial charge in [0.25, 0.3) is 0 Å². The number of benzene rings is 3. The van der Waals surface area contributed by atoms with Gasteiger partial charge in [0, 0.05) is 11.1 Å². The van der Waals surface area contributed by atoms with Gasteiger partial charge in [-0.15, -0.1) is 0 Å². The number of ether oxygens (including phenoxy) is 1. The third-order valence-electron chi connectivity index (χ3n) is 5.25. The van der Waals surface area contributed by atoms with Crippen molar-refractivity contribution in [2.45, 2.75) is 25.3 Å². The van der Waals surface area contributed by atoms with Crippen molar-refractivity contribution < 1.29 is 4.74 Å². The van der Waals surface area contributed by atoms with Crippen molar-refractivity contribution in [3.05, 3.63) is 71.3 Å². The Bertz CT molecular complexity index is 1010. The monoisotopic (exact) mass is 310 g/mol. The zero-order chi connectivity index (χ0) is 16.3. The van der Waals surface area contributed by atoms with Crippen LogP contribution < -0.4 is 4.74 Å². The highest BCUT2D eigenvalue weighted by atomic mass is 16.5. The summed E-state index contributed by atoms with van der Waals surface area (Å²) in [4.78, 5) is 0. The molecule has 0 N–H and O–H groups in total. The molecule has 0 radical (unpaired) electrons. The lowest BCUT2D eigenvalue weighted by Gasteiger charge is -2.33. The second kappa shape index (κ2) is 4.76. The van der Waals surface area contributed by atoms with Gasteiger partial charge in [-0.05, 0) is 53.3 Å². The van der Waals surface area contributed by atoms with Crippen molar-refractivity contribution >= 4 is 24.7 Å². The fraction of sp³-hybridized carbons (Fsp3) is 0.182. The number of hydrogen-bond acceptors (Lipinski definition) is 1. The third-order valence-corrected chi connectivity index (χ3v) is 5.25. The van der Waals surface area contributed by atoms with Gasteiger partial charge in [-0.1, -0.05) is 54.6 Å². The Morgan fingerprint density at radius 3 is 2.58 bits per heavy atom. The minimum absolute atomic E-state index is 0.250. The molecule has 3 aromatic carbocycles. The predicted octanol–water partition coefficient (Wildman–Crippen LogP) is 4.36. The molecule has 2 heteroatoms. The van der Waals surface area contributed by atoms with E-state index < -0.39 is 0 Å². The summed E-state index contributed by atoms with van der Waals surface area (Å²) >= 11 is 0. The van der Waals surface area contributed by atoms with Crippen molar-refractivity contribution in [3.8, 4) is 16.9 Å². The van der Waals surface area contributed by atoms with E-state index in [1.807, 2.05) is 0 Å². The summed E-state index contributed by atoms with van der Waals surface area (Å²) in [5.74, 6) is 1.09. The minimum atomic E-state index is -0.250. The number of rotatable bonds is 0. The zero-order valence-electron chi connectivity index (χ0n) is 14.1. The smallest absolute Gasteiger partial charge is 0.163 e. The molecular formula is C22H19BO. The van der Waals surface area contributed by atoms with Crippen molar-refractivity contribution in [2.24, 2.45) is 0 Å². The molecule has 24 heavy (non-hydrogen) atoms. The first-order valence-electron chi connectivity index (χ1n) is 8.68. The molecule has 1 heterocycles. The molecule has 0 spiro atoms. The van der Waals surface area contributed by atoms with Gasteiger partial charge in [-0.2, -0.15) is 0 Å². The Morgan fingerprint density at radius 2 is 1.71 bits per heavy atom. The first-order chi connectivity index (χ1) is 11.6. The van der Waals surface area contributed by atoms with Gasteiger partial charge >= 0.3 is 0 Å². The molecule has 0 saturated heterocycles. The Balaban J connectivity index is 1.95. The molecule has 0 bridgehead atoms. The Kier molecular flexibility index (Phi) is 2.76. The standard InChI is InChI=1S/C22H19BO/c1-22(23)13-12-18-16-8-4-5-9-17(16)20-15-7-3-2-6-14(15)10-11-19(20)21(18)24-22/h2-9,12-13H,10-11,23H2,1H3/t22-/m0/s1. The summed E-state index contributed by atoms with van der Waals surface area (Å²) in [5, 5.41) is 2.63. The first-order valence-corrected chi connectivity index (χ1v) is 8.68. The molecule has 1 aliphatic heterocycles. The largest absolute Gasteiger partial charge is 0.492 e. The summed E-state index contributed by atoms with van der Waals surface area (Å²) in [6.45, 7) is 2.13. The predicted molar refractivity (Wildman–Crippen MR) is 103 cm³/mol. The Labute approximate surface area is 143 Å². The van der Waals surface area contributed by atoms with Crippen molar-refractivity contribution in [1.29, 1.82) is 0 Å². The van der Waals surface area contributed by atoms with Gasteiger partial charge in [0.15, 0.2) is 7.85 Å². The molecule has 1 nitrogen and oxygen atoms in total. The molecule has 0 fully saturated rings. The maximum Gasteiger partial charge on any atom is 0.163 e. The molecule has 0 amide bonds. The van der Waals surface area contributed by atoms with Crippen LogP contribution >= 0.6 is 0 Å². The van der Waals surface area contributed by atoms with Crippen molar-refractivity contribution in [1.82, 2.24) is 0 Å². The number of aryl methyl sites for hydroxylation is 1. The summed E-state index contributed by atoms with van der Waals surface area (Å²) in [5.41, 5.74) is 6.55. The van der Waals surface area contributed by atoms with Gasteiger partial charge in [0.2, 0.25) is 0 Å². The lowest BCUT2D eigenvalue weighted by atomic mass is 9.77. The zero-order valence-corrected chi connectivity index (χ0v) is 14.1. The van der Waals surface area contributed by atoms with E-state index >= 15 is 0 Å². The van der Waals surface area contributed by atoms with Crippen LogP contribution in [0.5, 0.6) is 5.75 Å². The highest BCUT2D eigenvalue weighted by Gasteiger charge is 2.30. The van der Waals surface area contributed by atoms with Crippen LogP contribution in [0.25, 0.3) is 28.0 Å². The van der Waals surface area contributed by atoms with Gasteiger partial charge in [-0.3, -0.25) is 0 Å². The third kappa shape index (κ3) is 1.89. The molecule has 2 aliphatic rings. The normalized spacial score (nSPS) is 20.9. The molecule has 1 aliphatic carbocycles. The second-order valence-corrected chi connectivity index (χ2v) is 7.34. The molecule has 1 atom stereocenters. The van der Waals surface area contributed by atoms with E-state index in [9.17, 15) is 0 Å². The lowest BCUT2D eigenvalue weighted by Crippen LogP contribution is -2.33. The molecule has 5 rings (SSSR count). The molecule has 0 saturated carbocycles. The summed E-state index contributed by atoms with van der Waals surface area (Å²) in [6.07, 6.45) is 6.55. The van der Waals surface area contributed by atoms with E-state index in [-0.39, 0.29) is 5.50 Å². The van der Waals surface area contributed by atoms with E-state index in [2.05, 4.69) is 75.5 Å². The summed E-state index contributed by atoms with van der Waals surface area (Å²) < 4.78 is 6.45. The van der Waals surface area contributed by atoms with Crippen LogP contribution in [-0.2, 0) is 12.8 Å². The molecule has 3 aromatic rings. The summed E-state index contributed by atoms with van der Waals surface area (Å²) in [7, 11) is 2.13. The van der Waals surface area contributed by atoms with Crippen LogP contribution in [0.3, 0.4) is 0 Å². The maximum atomic E-state index is 6.45. The Morgan fingerprint density at radius 1 is 0.958 bits per heavy atom. The fourth-order valence-electron chi connectivity index (χ4n) is 4.15. The van der Waals surface area contributed by atoms with Crippen LogP contribution in [0.15, 0.2) is 54.6 Å². The summed E-state index contributed by atoms with van der Waals surface area (Å²) in [6, 6.07) is 17.6. The maximum absolute atomic E-state index is 6.45. The van der Waals surface area contributed by atoms with Gasteiger partial charge < -0.3 is 4.74 Å². The van der Waals surface area contributed by atoms with E-state index in [0.717, 1.165) is 18.6 Å². The van der Waals surface area contributed by atoms with Crippen LogP contribution in [-0.4, -0.2) is 13.3 Å². The van der Waals surface area contributed by atoms with Crippen LogP contribution in [0.4, 0.5) is 0 Å². The van der Waals surface area contributed by atoms with Crippen LogP contribution in [0.2, 0.25) is 0 Å². The van der Waals surface area contributed by atoms with E-state index in [1.165, 1.54) is 38.6 Å². The van der Waals surface area contributed by atoms with Crippen LogP contribution in [0.1, 0.15) is 23.6 Å². The molecular weight excluding hydrogens is 291 g/mol. The topological polar surface area (TPSA) is 9.23 Å². The van der Waals surface area contributed by atoms with E-state index in [0.29, 0.717) is 0 Å². The lowest BCUT2D eigenvalue weighted by molar-refractivity contribution is 0.222. The first kappa shape index (κ1) is 13.9. The molecule has 116 valence electrons. The minimum Gasteiger partial charge on any atom is -0.492 e. The highest BCUT2D eigenvalue weighted by Crippen LogP contribution is 2.48. The van der Waals surface area contributed by atoms with Crippen molar-refractivity contribution in [2.75, 3.05) is 0 Å². The van der Waals surface area contributed by atoms with Gasteiger partial charge in [0.05, 0.1) is 5.50 Å².